The number of halogens is 1. The zero-order valence-electron chi connectivity index (χ0n) is 9.45. The number of aryl methyl sites for hydroxylation is 2. The highest BCUT2D eigenvalue weighted by Crippen LogP contribution is 2.14. The van der Waals surface area contributed by atoms with E-state index in [4.69, 9.17) is 0 Å². The van der Waals surface area contributed by atoms with E-state index in [1.54, 1.807) is 0 Å². The summed E-state index contributed by atoms with van der Waals surface area (Å²) in [5.41, 5.74) is 2.74. The minimum atomic E-state index is -0.192. The van der Waals surface area contributed by atoms with E-state index in [0.29, 0.717) is 6.54 Å². The van der Waals surface area contributed by atoms with Crippen LogP contribution < -0.4 is 5.32 Å². The van der Waals surface area contributed by atoms with Crippen molar-refractivity contribution in [1.82, 2.24) is 5.32 Å². The van der Waals surface area contributed by atoms with E-state index in [1.807, 2.05) is 20.8 Å². The summed E-state index contributed by atoms with van der Waals surface area (Å²) in [7, 11) is 0. The van der Waals surface area contributed by atoms with Crippen LogP contribution in [0.25, 0.3) is 0 Å². The Morgan fingerprint density at radius 3 is 2.40 bits per heavy atom. The van der Waals surface area contributed by atoms with Crippen molar-refractivity contribution in [2.45, 2.75) is 20.8 Å². The van der Waals surface area contributed by atoms with E-state index in [2.05, 4.69) is 17.2 Å². The molecule has 0 aliphatic carbocycles. The van der Waals surface area contributed by atoms with E-state index in [0.717, 1.165) is 23.2 Å². The highest BCUT2D eigenvalue weighted by atomic mass is 19.1. The molecule has 0 fully saturated rings. The van der Waals surface area contributed by atoms with Gasteiger partial charge >= 0.3 is 0 Å². The fraction of sp³-hybridized carbons (Fsp3) is 0.385. The van der Waals surface area contributed by atoms with Gasteiger partial charge in [0.2, 0.25) is 0 Å². The number of benzene rings is 1. The predicted octanol–water partition coefficient (Wildman–Crippen LogP) is 2.40. The maximum absolute atomic E-state index is 13.0. The summed E-state index contributed by atoms with van der Waals surface area (Å²) in [5, 5.41) is 3.12. The number of hydrogen-bond acceptors (Lipinski definition) is 1. The summed E-state index contributed by atoms with van der Waals surface area (Å²) in [6.07, 6.45) is 0. The van der Waals surface area contributed by atoms with Crippen molar-refractivity contribution < 1.29 is 4.39 Å². The van der Waals surface area contributed by atoms with E-state index < -0.39 is 0 Å². The summed E-state index contributed by atoms with van der Waals surface area (Å²) in [5.74, 6) is 5.89. The molecule has 80 valence electrons. The topological polar surface area (TPSA) is 12.0 Å². The largest absolute Gasteiger partial charge is 0.306 e. The quantitative estimate of drug-likeness (QED) is 0.577. The van der Waals surface area contributed by atoms with Gasteiger partial charge in [0, 0.05) is 5.56 Å². The predicted molar refractivity (Wildman–Crippen MR) is 61.3 cm³/mol. The Bertz CT molecular complexity index is 376. The molecule has 0 saturated heterocycles. The molecule has 0 aliphatic rings. The molecule has 0 unspecified atom stereocenters. The van der Waals surface area contributed by atoms with Crippen molar-refractivity contribution in [1.29, 1.82) is 0 Å². The van der Waals surface area contributed by atoms with Gasteiger partial charge in [-0.3, -0.25) is 0 Å². The van der Waals surface area contributed by atoms with Crippen LogP contribution in [0.15, 0.2) is 12.1 Å². The van der Waals surface area contributed by atoms with Crippen molar-refractivity contribution in [3.63, 3.8) is 0 Å². The first-order chi connectivity index (χ1) is 7.15. The Kier molecular flexibility index (Phi) is 4.33. The van der Waals surface area contributed by atoms with Crippen LogP contribution in [-0.2, 0) is 0 Å². The molecule has 1 aromatic rings. The monoisotopic (exact) mass is 205 g/mol. The molecule has 0 aliphatic heterocycles. The van der Waals surface area contributed by atoms with E-state index in [9.17, 15) is 4.39 Å². The molecule has 2 heteroatoms. The van der Waals surface area contributed by atoms with Gasteiger partial charge in [0.05, 0.1) is 6.54 Å². The second-order valence-corrected chi connectivity index (χ2v) is 3.50. The lowest BCUT2D eigenvalue weighted by molar-refractivity contribution is 0.625. The lowest BCUT2D eigenvalue weighted by Crippen LogP contribution is -2.12. The standard InChI is InChI=1S/C13H16FN/c1-4-15-7-5-6-13-10(2)8-12(14)9-11(13)3/h8-9,15H,4,7H2,1-3H3. The van der Waals surface area contributed by atoms with Crippen molar-refractivity contribution >= 4 is 0 Å². The maximum Gasteiger partial charge on any atom is 0.123 e. The van der Waals surface area contributed by atoms with E-state index >= 15 is 0 Å². The van der Waals surface area contributed by atoms with Gasteiger partial charge in [0.25, 0.3) is 0 Å². The van der Waals surface area contributed by atoms with E-state index in [1.165, 1.54) is 12.1 Å². The first-order valence-corrected chi connectivity index (χ1v) is 5.11. The van der Waals surface area contributed by atoms with Gasteiger partial charge in [-0.05, 0) is 43.7 Å². The van der Waals surface area contributed by atoms with Crippen LogP contribution in [0.4, 0.5) is 4.39 Å². The highest BCUT2D eigenvalue weighted by Gasteiger charge is 2.01. The average molecular weight is 205 g/mol. The number of nitrogens with one attached hydrogen (secondary N) is 1. The van der Waals surface area contributed by atoms with Crippen LogP contribution in [0.3, 0.4) is 0 Å². The fourth-order valence-electron chi connectivity index (χ4n) is 1.43. The smallest absolute Gasteiger partial charge is 0.123 e. The SMILES string of the molecule is CCNCC#Cc1c(C)cc(F)cc1C. The van der Waals surface area contributed by atoms with Crippen LogP contribution in [0, 0.1) is 31.5 Å². The Morgan fingerprint density at radius 1 is 1.27 bits per heavy atom. The van der Waals surface area contributed by atoms with Crippen LogP contribution in [-0.4, -0.2) is 13.1 Å². The van der Waals surface area contributed by atoms with Crippen LogP contribution in [0.2, 0.25) is 0 Å². The van der Waals surface area contributed by atoms with Gasteiger partial charge in [-0.25, -0.2) is 4.39 Å². The zero-order chi connectivity index (χ0) is 11.3. The third kappa shape index (κ3) is 3.38. The van der Waals surface area contributed by atoms with Crippen molar-refractivity contribution in [2.24, 2.45) is 0 Å². The minimum absolute atomic E-state index is 0.192. The molecule has 15 heavy (non-hydrogen) atoms. The first-order valence-electron chi connectivity index (χ1n) is 5.11. The van der Waals surface area contributed by atoms with Gasteiger partial charge in [0.15, 0.2) is 0 Å². The molecule has 1 rings (SSSR count). The molecule has 1 aromatic carbocycles. The van der Waals surface area contributed by atoms with Crippen molar-refractivity contribution in [3.8, 4) is 11.8 Å². The zero-order valence-corrected chi connectivity index (χ0v) is 9.45. The molecule has 0 spiro atoms. The Hall–Kier alpha value is -1.33. The summed E-state index contributed by atoms with van der Waals surface area (Å²) in [6.45, 7) is 7.39. The summed E-state index contributed by atoms with van der Waals surface area (Å²) >= 11 is 0. The molecule has 1 nitrogen and oxygen atoms in total. The number of rotatable bonds is 2. The lowest BCUT2D eigenvalue weighted by Gasteiger charge is -2.02. The van der Waals surface area contributed by atoms with Crippen LogP contribution in [0.1, 0.15) is 23.6 Å². The van der Waals surface area contributed by atoms with Crippen LogP contribution in [0.5, 0.6) is 0 Å². The molecular weight excluding hydrogens is 189 g/mol. The van der Waals surface area contributed by atoms with Crippen molar-refractivity contribution in [2.75, 3.05) is 13.1 Å². The molecule has 0 saturated carbocycles. The Balaban J connectivity index is 2.88. The fourth-order valence-corrected chi connectivity index (χ4v) is 1.43. The summed E-state index contributed by atoms with van der Waals surface area (Å²) in [4.78, 5) is 0. The van der Waals surface area contributed by atoms with Gasteiger partial charge in [0.1, 0.15) is 5.82 Å². The molecule has 0 amide bonds. The molecule has 0 radical (unpaired) electrons. The van der Waals surface area contributed by atoms with Gasteiger partial charge in [-0.1, -0.05) is 18.8 Å². The minimum Gasteiger partial charge on any atom is -0.306 e. The summed E-state index contributed by atoms with van der Waals surface area (Å²) < 4.78 is 13.0. The second kappa shape index (κ2) is 5.53. The van der Waals surface area contributed by atoms with Gasteiger partial charge in [-0.2, -0.15) is 0 Å². The normalized spacial score (nSPS) is 9.60. The number of hydrogen-bond donors (Lipinski definition) is 1. The molecule has 0 atom stereocenters. The molecule has 0 bridgehead atoms. The first kappa shape index (κ1) is 11.7. The lowest BCUT2D eigenvalue weighted by atomic mass is 10.0. The second-order valence-electron chi connectivity index (χ2n) is 3.50. The average Bonchev–Trinajstić information content (AvgIpc) is 2.15. The highest BCUT2D eigenvalue weighted by molar-refractivity contribution is 5.46. The van der Waals surface area contributed by atoms with E-state index in [-0.39, 0.29) is 5.82 Å². The third-order valence-corrected chi connectivity index (χ3v) is 2.17. The third-order valence-electron chi connectivity index (χ3n) is 2.17. The molecule has 1 N–H and O–H groups in total. The van der Waals surface area contributed by atoms with Crippen molar-refractivity contribution in [3.05, 3.63) is 34.6 Å². The van der Waals surface area contributed by atoms with Gasteiger partial charge < -0.3 is 5.32 Å². The molecule has 0 heterocycles. The summed E-state index contributed by atoms with van der Waals surface area (Å²) in [6, 6.07) is 3.04. The Labute approximate surface area is 90.7 Å². The maximum atomic E-state index is 13.0. The molecule has 0 aromatic heterocycles. The van der Waals surface area contributed by atoms with Gasteiger partial charge in [-0.15, -0.1) is 0 Å². The molecular formula is C13H16FN. The van der Waals surface area contributed by atoms with Crippen LogP contribution >= 0.6 is 0 Å². The Morgan fingerprint density at radius 2 is 1.87 bits per heavy atom.